The fourth-order valence-electron chi connectivity index (χ4n) is 4.37. The second-order valence-electron chi connectivity index (χ2n) is 8.87. The molecule has 1 aliphatic rings. The number of rotatable bonds is 7. The average Bonchev–Trinajstić information content (AvgIpc) is 3.43. The van der Waals surface area contributed by atoms with E-state index in [1.54, 1.807) is 36.4 Å². The number of pyridine rings is 1. The number of carbonyl (C=O) groups is 1. The van der Waals surface area contributed by atoms with Gasteiger partial charge in [0.2, 0.25) is 11.6 Å². The molecular formula is C27H23ClF4N4O2. The number of aryl methyl sites for hydroxylation is 1. The Morgan fingerprint density at radius 1 is 1.24 bits per heavy atom. The predicted octanol–water partition coefficient (Wildman–Crippen LogP) is 5.36. The summed E-state index contributed by atoms with van der Waals surface area (Å²) in [4.78, 5) is 17.7. The minimum Gasteiger partial charge on any atom is -0.341 e. The van der Waals surface area contributed by atoms with Crippen molar-refractivity contribution in [2.24, 2.45) is 0 Å². The quantitative estimate of drug-likeness (QED) is 0.308. The molecule has 4 rings (SSSR count). The van der Waals surface area contributed by atoms with Gasteiger partial charge in [-0.05, 0) is 50.1 Å². The van der Waals surface area contributed by atoms with Gasteiger partial charge in [-0.25, -0.2) is 4.39 Å². The Hall–Kier alpha value is -3.52. The lowest BCUT2D eigenvalue weighted by Gasteiger charge is -2.37. The van der Waals surface area contributed by atoms with Crippen molar-refractivity contribution in [3.63, 3.8) is 0 Å². The van der Waals surface area contributed by atoms with Crippen LogP contribution in [0.25, 0.3) is 0 Å². The number of carbonyl (C=O) groups excluding carboxylic acids is 1. The number of nitrogens with zero attached hydrogens (tertiary/aromatic N) is 2. The summed E-state index contributed by atoms with van der Waals surface area (Å²) in [6.07, 6.45) is -3.72. The van der Waals surface area contributed by atoms with E-state index >= 15 is 0 Å². The summed E-state index contributed by atoms with van der Waals surface area (Å²) in [5.74, 6) is -1.37. The number of amides is 1. The molecule has 3 aromatic rings. The van der Waals surface area contributed by atoms with Crippen LogP contribution in [0.1, 0.15) is 46.5 Å². The fraction of sp³-hybridized carbons (Fsp3) is 0.296. The van der Waals surface area contributed by atoms with Crippen LogP contribution in [0.3, 0.4) is 0 Å². The molecule has 1 aliphatic heterocycles. The summed E-state index contributed by atoms with van der Waals surface area (Å²) in [5.41, 5.74) is -4.24. The summed E-state index contributed by atoms with van der Waals surface area (Å²) in [7, 11) is 0. The smallest absolute Gasteiger partial charge is 0.341 e. The first-order valence-corrected chi connectivity index (χ1v) is 12.1. The van der Waals surface area contributed by atoms with E-state index in [-0.39, 0.29) is 22.9 Å². The number of benzene rings is 2. The first-order chi connectivity index (χ1) is 18.0. The molecule has 0 bridgehead atoms. The zero-order valence-electron chi connectivity index (χ0n) is 20.2. The summed E-state index contributed by atoms with van der Waals surface area (Å²) in [5, 5.41) is 15.3. The van der Waals surface area contributed by atoms with Gasteiger partial charge < -0.3 is 15.4 Å². The van der Waals surface area contributed by atoms with E-state index in [2.05, 4.69) is 15.6 Å². The number of hydrogen-bond acceptors (Lipinski definition) is 5. The van der Waals surface area contributed by atoms with Crippen LogP contribution in [0.15, 0.2) is 54.6 Å². The van der Waals surface area contributed by atoms with E-state index in [4.69, 9.17) is 16.3 Å². The fourth-order valence-corrected chi connectivity index (χ4v) is 4.55. The Kier molecular flexibility index (Phi) is 8.02. The SMILES string of the molecule is Cc1cc(C(F)(F)F)c(C#N)c([C@@](NC(=O)[C@@H]2CCCN2)(OCc2ccccc2)c2ccc(F)c(Cl)c2)n1. The molecular weight excluding hydrogens is 524 g/mol. The molecule has 2 atom stereocenters. The lowest BCUT2D eigenvalue weighted by atomic mass is 9.91. The lowest BCUT2D eigenvalue weighted by Crippen LogP contribution is -2.54. The molecule has 1 saturated heterocycles. The van der Waals surface area contributed by atoms with Crippen LogP contribution in [0, 0.1) is 24.1 Å². The van der Waals surface area contributed by atoms with Crippen LogP contribution in [0.2, 0.25) is 5.02 Å². The van der Waals surface area contributed by atoms with Gasteiger partial charge in [0, 0.05) is 11.3 Å². The van der Waals surface area contributed by atoms with Crippen molar-refractivity contribution in [1.29, 1.82) is 5.26 Å². The summed E-state index contributed by atoms with van der Waals surface area (Å²) >= 11 is 6.08. The maximum Gasteiger partial charge on any atom is 0.417 e. The molecule has 198 valence electrons. The average molecular weight is 547 g/mol. The van der Waals surface area contributed by atoms with Crippen molar-refractivity contribution in [1.82, 2.24) is 15.6 Å². The first-order valence-electron chi connectivity index (χ1n) is 11.7. The minimum absolute atomic E-state index is 0.00565. The molecule has 2 aromatic carbocycles. The van der Waals surface area contributed by atoms with Crippen molar-refractivity contribution in [3.05, 3.63) is 99.1 Å². The third-order valence-corrected chi connectivity index (χ3v) is 6.49. The van der Waals surface area contributed by atoms with Gasteiger partial charge in [-0.2, -0.15) is 18.4 Å². The normalized spacial score (nSPS) is 17.0. The highest BCUT2D eigenvalue weighted by Crippen LogP contribution is 2.40. The molecule has 0 saturated carbocycles. The summed E-state index contributed by atoms with van der Waals surface area (Å²) in [6, 6.07) is 13.8. The van der Waals surface area contributed by atoms with Crippen molar-refractivity contribution in [2.75, 3.05) is 6.54 Å². The zero-order chi connectivity index (χ0) is 27.5. The third-order valence-electron chi connectivity index (χ3n) is 6.20. The van der Waals surface area contributed by atoms with E-state index in [1.807, 2.05) is 0 Å². The molecule has 1 amide bonds. The molecule has 0 aliphatic carbocycles. The van der Waals surface area contributed by atoms with E-state index in [0.717, 1.165) is 18.2 Å². The van der Waals surface area contributed by atoms with Crippen molar-refractivity contribution in [2.45, 2.75) is 44.3 Å². The van der Waals surface area contributed by atoms with Gasteiger partial charge in [0.1, 0.15) is 17.6 Å². The van der Waals surface area contributed by atoms with Crippen LogP contribution >= 0.6 is 11.6 Å². The topological polar surface area (TPSA) is 87.0 Å². The molecule has 2 heterocycles. The van der Waals surface area contributed by atoms with Gasteiger partial charge in [0.25, 0.3) is 0 Å². The van der Waals surface area contributed by atoms with E-state index in [1.165, 1.54) is 13.0 Å². The standard InChI is InChI=1S/C27H23ClF4N4O2/c1-16-12-20(27(30,31)32)19(14-33)24(35-16)26(18-9-10-22(29)21(28)13-18,36-25(37)23-8-5-11-34-23)38-15-17-6-3-2-4-7-17/h2-4,6-7,9-10,12-13,23,34H,5,8,11,15H2,1H3,(H,36,37)/t23-,26-/m0/s1. The molecule has 11 heteroatoms. The van der Waals surface area contributed by atoms with Crippen LogP contribution in [-0.4, -0.2) is 23.5 Å². The zero-order valence-corrected chi connectivity index (χ0v) is 21.0. The summed E-state index contributed by atoms with van der Waals surface area (Å²) < 4.78 is 62.7. The van der Waals surface area contributed by atoms with Gasteiger partial charge in [-0.15, -0.1) is 0 Å². The Labute approximate surface area is 221 Å². The maximum absolute atomic E-state index is 14.2. The lowest BCUT2D eigenvalue weighted by molar-refractivity contribution is -0.138. The highest BCUT2D eigenvalue weighted by atomic mass is 35.5. The molecule has 0 spiro atoms. The number of ether oxygens (including phenoxy) is 1. The van der Waals surface area contributed by atoms with Gasteiger partial charge >= 0.3 is 6.18 Å². The molecule has 6 nitrogen and oxygen atoms in total. The Bertz CT molecular complexity index is 1370. The number of hydrogen-bond donors (Lipinski definition) is 2. The van der Waals surface area contributed by atoms with Crippen LogP contribution < -0.4 is 10.6 Å². The van der Waals surface area contributed by atoms with Crippen molar-refractivity contribution < 1.29 is 27.1 Å². The third kappa shape index (κ3) is 5.65. The Morgan fingerprint density at radius 3 is 2.58 bits per heavy atom. The number of nitriles is 1. The molecule has 1 aromatic heterocycles. The van der Waals surface area contributed by atoms with E-state index in [9.17, 15) is 27.6 Å². The van der Waals surface area contributed by atoms with Gasteiger partial charge in [-0.3, -0.25) is 9.78 Å². The molecule has 0 radical (unpaired) electrons. The van der Waals surface area contributed by atoms with Crippen LogP contribution in [-0.2, 0) is 28.0 Å². The number of nitrogens with one attached hydrogen (secondary N) is 2. The summed E-state index contributed by atoms with van der Waals surface area (Å²) in [6.45, 7) is 1.71. The Morgan fingerprint density at radius 2 is 1.97 bits per heavy atom. The van der Waals surface area contributed by atoms with Gasteiger partial charge in [0.15, 0.2) is 0 Å². The second kappa shape index (κ2) is 11.1. The van der Waals surface area contributed by atoms with Gasteiger partial charge in [0.05, 0.1) is 28.8 Å². The Balaban J connectivity index is 2.01. The highest BCUT2D eigenvalue weighted by molar-refractivity contribution is 6.30. The van der Waals surface area contributed by atoms with Gasteiger partial charge in [-0.1, -0.05) is 48.0 Å². The monoisotopic (exact) mass is 546 g/mol. The molecule has 38 heavy (non-hydrogen) atoms. The minimum atomic E-state index is -4.91. The van der Waals surface area contributed by atoms with Crippen molar-refractivity contribution in [3.8, 4) is 6.07 Å². The number of halogens is 5. The highest BCUT2D eigenvalue weighted by Gasteiger charge is 2.46. The van der Waals surface area contributed by atoms with Crippen LogP contribution in [0.5, 0.6) is 0 Å². The van der Waals surface area contributed by atoms with E-state index < -0.39 is 46.5 Å². The number of alkyl halides is 3. The molecule has 2 N–H and O–H groups in total. The maximum atomic E-state index is 14.2. The van der Waals surface area contributed by atoms with E-state index in [0.29, 0.717) is 24.9 Å². The second-order valence-corrected chi connectivity index (χ2v) is 9.27. The first kappa shape index (κ1) is 27.5. The molecule has 0 unspecified atom stereocenters. The number of aromatic nitrogens is 1. The largest absolute Gasteiger partial charge is 0.417 e. The molecule has 1 fully saturated rings. The van der Waals surface area contributed by atoms with Crippen LogP contribution in [0.4, 0.5) is 17.6 Å². The van der Waals surface area contributed by atoms with Crippen molar-refractivity contribution >= 4 is 17.5 Å². The predicted molar refractivity (Wildman–Crippen MR) is 131 cm³/mol.